The summed E-state index contributed by atoms with van der Waals surface area (Å²) in [5.74, 6) is 0.889. The number of hydrogen-bond donors (Lipinski definition) is 0. The molecular weight excluding hydrogens is 226 g/mol. The van der Waals surface area contributed by atoms with Gasteiger partial charge in [0.25, 0.3) is 0 Å². The number of piperazine rings is 1. The quantitative estimate of drug-likeness (QED) is 0.813. The average Bonchev–Trinajstić information content (AvgIpc) is 2.46. The first-order chi connectivity index (χ1) is 8.74. The first kappa shape index (κ1) is 12.7. The molecule has 4 nitrogen and oxygen atoms in total. The van der Waals surface area contributed by atoms with Crippen molar-refractivity contribution in [1.29, 1.82) is 5.26 Å². The average molecular weight is 245 g/mol. The van der Waals surface area contributed by atoms with Crippen LogP contribution in [0, 0.1) is 11.3 Å². The van der Waals surface area contributed by atoms with Gasteiger partial charge in [0.1, 0.15) is 5.75 Å². The summed E-state index contributed by atoms with van der Waals surface area (Å²) in [5.41, 5.74) is 1.19. The fourth-order valence-corrected chi connectivity index (χ4v) is 2.26. The van der Waals surface area contributed by atoms with Gasteiger partial charge >= 0.3 is 0 Å². The normalized spacial score (nSPS) is 18.2. The summed E-state index contributed by atoms with van der Waals surface area (Å²) in [7, 11) is 1.69. The number of ether oxygens (including phenoxy) is 1. The molecule has 0 radical (unpaired) electrons. The Morgan fingerprint density at radius 2 is 2.00 bits per heavy atom. The fraction of sp³-hybridized carbons (Fsp3) is 0.500. The van der Waals surface area contributed by atoms with Crippen LogP contribution in [0.2, 0.25) is 0 Å². The minimum Gasteiger partial charge on any atom is -0.497 e. The molecule has 18 heavy (non-hydrogen) atoms. The molecule has 0 N–H and O–H groups in total. The lowest BCUT2D eigenvalue weighted by Crippen LogP contribution is -2.49. The lowest BCUT2D eigenvalue weighted by Gasteiger charge is -2.37. The van der Waals surface area contributed by atoms with Crippen LogP contribution in [0.5, 0.6) is 5.75 Å². The van der Waals surface area contributed by atoms with Gasteiger partial charge in [0.05, 0.1) is 19.2 Å². The van der Waals surface area contributed by atoms with Gasteiger partial charge in [-0.25, -0.2) is 0 Å². The second-order valence-electron chi connectivity index (χ2n) is 4.53. The number of rotatable bonds is 3. The highest BCUT2D eigenvalue weighted by molar-refractivity contribution is 5.51. The van der Waals surface area contributed by atoms with Crippen LogP contribution in [0.25, 0.3) is 0 Å². The van der Waals surface area contributed by atoms with E-state index in [1.807, 2.05) is 19.1 Å². The predicted octanol–water partition coefficient (Wildman–Crippen LogP) is 1.73. The lowest BCUT2D eigenvalue weighted by molar-refractivity contribution is 0.231. The molecule has 1 atom stereocenters. The topological polar surface area (TPSA) is 39.5 Å². The Hall–Kier alpha value is -1.73. The molecule has 96 valence electrons. The third kappa shape index (κ3) is 2.74. The fourth-order valence-electron chi connectivity index (χ4n) is 2.26. The van der Waals surface area contributed by atoms with E-state index in [0.717, 1.165) is 31.9 Å². The van der Waals surface area contributed by atoms with Gasteiger partial charge < -0.3 is 9.64 Å². The summed E-state index contributed by atoms with van der Waals surface area (Å²) in [4.78, 5) is 4.56. The molecule has 1 aliphatic heterocycles. The van der Waals surface area contributed by atoms with E-state index in [1.54, 1.807) is 7.11 Å². The van der Waals surface area contributed by atoms with Gasteiger partial charge in [-0.05, 0) is 19.1 Å². The monoisotopic (exact) mass is 245 g/mol. The third-order valence-electron chi connectivity index (χ3n) is 3.47. The molecule has 0 spiro atoms. The standard InChI is InChI=1S/C14H19N3O/c1-12(11-15)16-6-8-17(9-7-16)13-4-3-5-14(10-13)18-2/h3-5,10,12H,6-9H2,1-2H3/t12-/m0/s1. The number of nitriles is 1. The van der Waals surface area contributed by atoms with Crippen LogP contribution in [0.15, 0.2) is 24.3 Å². The number of anilines is 1. The minimum atomic E-state index is 0.0115. The van der Waals surface area contributed by atoms with E-state index in [0.29, 0.717) is 0 Å². The van der Waals surface area contributed by atoms with Crippen molar-refractivity contribution in [3.05, 3.63) is 24.3 Å². The highest BCUT2D eigenvalue weighted by Crippen LogP contribution is 2.22. The van der Waals surface area contributed by atoms with Crippen molar-refractivity contribution >= 4 is 5.69 Å². The number of nitrogens with zero attached hydrogens (tertiary/aromatic N) is 3. The van der Waals surface area contributed by atoms with Crippen molar-refractivity contribution in [2.24, 2.45) is 0 Å². The molecule has 1 aromatic carbocycles. The van der Waals surface area contributed by atoms with Crippen LogP contribution in [-0.2, 0) is 0 Å². The van der Waals surface area contributed by atoms with E-state index in [-0.39, 0.29) is 6.04 Å². The van der Waals surface area contributed by atoms with Crippen LogP contribution < -0.4 is 9.64 Å². The summed E-state index contributed by atoms with van der Waals surface area (Å²) < 4.78 is 5.24. The Balaban J connectivity index is 1.99. The van der Waals surface area contributed by atoms with Gasteiger partial charge in [0, 0.05) is 37.9 Å². The van der Waals surface area contributed by atoms with Gasteiger partial charge in [-0.3, -0.25) is 4.90 Å². The van der Waals surface area contributed by atoms with E-state index < -0.39 is 0 Å². The van der Waals surface area contributed by atoms with Crippen LogP contribution in [0.1, 0.15) is 6.92 Å². The Bertz CT molecular complexity index is 433. The molecule has 2 rings (SSSR count). The van der Waals surface area contributed by atoms with Gasteiger partial charge in [-0.15, -0.1) is 0 Å². The minimum absolute atomic E-state index is 0.0115. The zero-order valence-corrected chi connectivity index (χ0v) is 11.0. The molecule has 4 heteroatoms. The third-order valence-corrected chi connectivity index (χ3v) is 3.47. The van der Waals surface area contributed by atoms with Gasteiger partial charge in [-0.2, -0.15) is 5.26 Å². The molecule has 1 heterocycles. The van der Waals surface area contributed by atoms with Crippen molar-refractivity contribution < 1.29 is 4.74 Å². The van der Waals surface area contributed by atoms with Crippen LogP contribution in [0.3, 0.4) is 0 Å². The summed E-state index contributed by atoms with van der Waals surface area (Å²) in [5, 5.41) is 8.92. The molecule has 0 unspecified atom stereocenters. The number of benzene rings is 1. The van der Waals surface area contributed by atoms with E-state index >= 15 is 0 Å². The zero-order valence-electron chi connectivity index (χ0n) is 11.0. The molecular formula is C14H19N3O. The Morgan fingerprint density at radius 3 is 2.61 bits per heavy atom. The van der Waals surface area contributed by atoms with Crippen molar-refractivity contribution in [3.63, 3.8) is 0 Å². The maximum absolute atomic E-state index is 8.92. The second kappa shape index (κ2) is 5.74. The Labute approximate surface area is 108 Å². The molecule has 1 aromatic rings. The molecule has 1 saturated heterocycles. The molecule has 0 bridgehead atoms. The van der Waals surface area contributed by atoms with E-state index in [9.17, 15) is 0 Å². The van der Waals surface area contributed by atoms with Gasteiger partial charge in [-0.1, -0.05) is 6.07 Å². The van der Waals surface area contributed by atoms with Crippen molar-refractivity contribution in [3.8, 4) is 11.8 Å². The largest absolute Gasteiger partial charge is 0.497 e. The molecule has 1 aliphatic rings. The summed E-state index contributed by atoms with van der Waals surface area (Å²) in [6.07, 6.45) is 0. The highest BCUT2D eigenvalue weighted by Gasteiger charge is 2.20. The van der Waals surface area contributed by atoms with Crippen LogP contribution >= 0.6 is 0 Å². The SMILES string of the molecule is COc1cccc(N2CCN([C@@H](C)C#N)CC2)c1. The Morgan fingerprint density at radius 1 is 1.28 bits per heavy atom. The zero-order chi connectivity index (χ0) is 13.0. The molecule has 0 saturated carbocycles. The first-order valence-electron chi connectivity index (χ1n) is 6.27. The van der Waals surface area contributed by atoms with Crippen LogP contribution in [-0.4, -0.2) is 44.2 Å². The summed E-state index contributed by atoms with van der Waals surface area (Å²) >= 11 is 0. The predicted molar refractivity (Wildman–Crippen MR) is 71.9 cm³/mol. The first-order valence-corrected chi connectivity index (χ1v) is 6.27. The van der Waals surface area contributed by atoms with E-state index in [4.69, 9.17) is 10.00 Å². The summed E-state index contributed by atoms with van der Waals surface area (Å²) in [6, 6.07) is 10.4. The highest BCUT2D eigenvalue weighted by atomic mass is 16.5. The van der Waals surface area contributed by atoms with Gasteiger partial charge in [0.15, 0.2) is 0 Å². The molecule has 0 aliphatic carbocycles. The molecule has 1 fully saturated rings. The molecule has 0 amide bonds. The Kier molecular flexibility index (Phi) is 4.06. The smallest absolute Gasteiger partial charge is 0.120 e. The van der Waals surface area contributed by atoms with Crippen LogP contribution in [0.4, 0.5) is 5.69 Å². The van der Waals surface area contributed by atoms with Crippen molar-refractivity contribution in [2.45, 2.75) is 13.0 Å². The lowest BCUT2D eigenvalue weighted by atomic mass is 10.2. The van der Waals surface area contributed by atoms with Gasteiger partial charge in [0.2, 0.25) is 0 Å². The number of hydrogen-bond acceptors (Lipinski definition) is 4. The second-order valence-corrected chi connectivity index (χ2v) is 4.53. The number of methoxy groups -OCH3 is 1. The maximum Gasteiger partial charge on any atom is 0.120 e. The summed E-state index contributed by atoms with van der Waals surface area (Å²) in [6.45, 7) is 5.75. The van der Waals surface area contributed by atoms with Crippen molar-refractivity contribution in [1.82, 2.24) is 4.90 Å². The van der Waals surface area contributed by atoms with E-state index in [2.05, 4.69) is 28.0 Å². The van der Waals surface area contributed by atoms with Crippen molar-refractivity contribution in [2.75, 3.05) is 38.2 Å². The maximum atomic E-state index is 8.92. The van der Waals surface area contributed by atoms with E-state index in [1.165, 1.54) is 5.69 Å². The molecule has 0 aromatic heterocycles.